The Hall–Kier alpha value is -2.96. The summed E-state index contributed by atoms with van der Waals surface area (Å²) in [5.41, 5.74) is 1.38. The Morgan fingerprint density at radius 1 is 0.610 bits per heavy atom. The van der Waals surface area contributed by atoms with Gasteiger partial charge in [0.05, 0.1) is 44.9 Å². The quantitative estimate of drug-likeness (QED) is 0.0606. The first kappa shape index (κ1) is 34.2. The van der Waals surface area contributed by atoms with Crippen LogP contribution in [0, 0.1) is 0 Å². The number of benzene rings is 2. The van der Waals surface area contributed by atoms with Crippen molar-refractivity contribution in [2.24, 2.45) is 5.16 Å². The average molecular weight is 572 g/mol. The molecule has 0 radical (unpaired) electrons. The number of methoxy groups -OCH3 is 4. The van der Waals surface area contributed by atoms with Gasteiger partial charge in [0.2, 0.25) is 0 Å². The molecule has 0 saturated carbocycles. The van der Waals surface area contributed by atoms with E-state index in [1.54, 1.807) is 28.4 Å². The lowest BCUT2D eigenvalue weighted by Gasteiger charge is -2.19. The average Bonchev–Trinajstić information content (AvgIpc) is 3.00. The van der Waals surface area contributed by atoms with Gasteiger partial charge in [-0.15, -0.1) is 0 Å². The van der Waals surface area contributed by atoms with E-state index in [1.807, 2.05) is 18.2 Å². The highest BCUT2D eigenvalue weighted by molar-refractivity contribution is 6.12. The zero-order valence-corrected chi connectivity index (χ0v) is 26.4. The molecule has 0 bridgehead atoms. The third-order valence-electron chi connectivity index (χ3n) is 7.56. The summed E-state index contributed by atoms with van der Waals surface area (Å²) in [6, 6.07) is 5.59. The highest BCUT2D eigenvalue weighted by Gasteiger charge is 2.24. The van der Waals surface area contributed by atoms with Crippen LogP contribution >= 0.6 is 0 Å². The van der Waals surface area contributed by atoms with Gasteiger partial charge in [-0.1, -0.05) is 96.1 Å². The molecule has 2 aromatic carbocycles. The van der Waals surface area contributed by atoms with Crippen LogP contribution in [-0.2, 0) is 9.63 Å². The van der Waals surface area contributed by atoms with E-state index in [-0.39, 0.29) is 5.97 Å². The van der Waals surface area contributed by atoms with Crippen LogP contribution < -0.4 is 18.9 Å². The lowest BCUT2D eigenvalue weighted by atomic mass is 9.96. The molecule has 0 aliphatic rings. The van der Waals surface area contributed by atoms with Crippen molar-refractivity contribution in [2.75, 3.05) is 28.4 Å². The predicted octanol–water partition coefficient (Wildman–Crippen LogP) is 9.40. The zero-order chi connectivity index (χ0) is 29.9. The van der Waals surface area contributed by atoms with E-state index >= 15 is 0 Å². The van der Waals surface area contributed by atoms with E-state index in [9.17, 15) is 4.79 Å². The summed E-state index contributed by atoms with van der Waals surface area (Å²) in [7, 11) is 6.50. The summed E-state index contributed by atoms with van der Waals surface area (Å²) in [6.07, 6.45) is 17.2. The molecule has 230 valence electrons. The molecule has 2 aromatic rings. The lowest BCUT2D eigenvalue weighted by molar-refractivity contribution is -0.143. The molecule has 0 aliphatic carbocycles. The van der Waals surface area contributed by atoms with Gasteiger partial charge in [-0.3, -0.25) is 0 Å². The fraction of sp³-hybridized carbons (Fsp3) is 0.647. The fourth-order valence-electron chi connectivity index (χ4n) is 5.22. The normalized spacial score (nSPS) is 11.5. The number of carbonyl (C=O) groups excluding carboxylic acids is 1. The van der Waals surface area contributed by atoms with Crippen LogP contribution in [0.25, 0.3) is 10.8 Å². The smallest absolute Gasteiger partial charge is 0.335 e. The predicted molar refractivity (Wildman–Crippen MR) is 168 cm³/mol. The first-order chi connectivity index (χ1) is 20.1. The molecule has 0 amide bonds. The van der Waals surface area contributed by atoms with Crippen LogP contribution in [0.4, 0.5) is 0 Å². The molecule has 2 rings (SSSR count). The minimum Gasteiger partial charge on any atom is -0.496 e. The topological polar surface area (TPSA) is 75.6 Å². The lowest BCUT2D eigenvalue weighted by Crippen LogP contribution is -2.09. The van der Waals surface area contributed by atoms with Gasteiger partial charge in [0.25, 0.3) is 0 Å². The maximum Gasteiger partial charge on any atom is 0.335 e. The van der Waals surface area contributed by atoms with E-state index in [0.717, 1.165) is 48.4 Å². The van der Waals surface area contributed by atoms with E-state index in [0.29, 0.717) is 41.6 Å². The number of hydrogen-bond donors (Lipinski definition) is 0. The van der Waals surface area contributed by atoms with Crippen LogP contribution in [0.1, 0.15) is 122 Å². The number of oxime groups is 1. The van der Waals surface area contributed by atoms with Crippen molar-refractivity contribution in [2.45, 2.75) is 117 Å². The molecule has 7 heteroatoms. The molecule has 0 aromatic heterocycles. The number of fused-ring (bicyclic) bond motifs is 1. The molecule has 0 saturated heterocycles. The van der Waals surface area contributed by atoms with Crippen LogP contribution in [0.2, 0.25) is 0 Å². The SMILES string of the molecule is CCCCCCCCCC(=O)ON=C(CCCCCCCCC)c1cc(OC)c2c(OC)ccc(OC)c2c1OC. The van der Waals surface area contributed by atoms with Crippen molar-refractivity contribution in [3.05, 3.63) is 23.8 Å². The second-order valence-corrected chi connectivity index (χ2v) is 10.6. The van der Waals surface area contributed by atoms with Gasteiger partial charge in [0.15, 0.2) is 0 Å². The van der Waals surface area contributed by atoms with Crippen molar-refractivity contribution in [3.8, 4) is 23.0 Å². The number of carbonyl (C=O) groups is 1. The van der Waals surface area contributed by atoms with Crippen LogP contribution in [0.5, 0.6) is 23.0 Å². The molecular formula is C34H53NO6. The standard InChI is InChI=1S/C34H53NO6/c1-7-9-11-13-15-17-19-21-27(35-41-31(36)22-20-18-16-14-12-10-8-2)26-25-30(39-5)32-28(37-3)23-24-29(38-4)33(32)34(26)40-6/h23-25H,7-22H2,1-6H3. The summed E-state index contributed by atoms with van der Waals surface area (Å²) in [5.74, 6) is 2.16. The Balaban J connectivity index is 2.33. The summed E-state index contributed by atoms with van der Waals surface area (Å²) in [6.45, 7) is 4.45. The maximum absolute atomic E-state index is 12.6. The molecule has 0 fully saturated rings. The molecule has 0 unspecified atom stereocenters. The van der Waals surface area contributed by atoms with Gasteiger partial charge in [0, 0.05) is 12.0 Å². The first-order valence-corrected chi connectivity index (χ1v) is 15.6. The highest BCUT2D eigenvalue weighted by atomic mass is 16.7. The Morgan fingerprint density at radius 2 is 1.10 bits per heavy atom. The van der Waals surface area contributed by atoms with Crippen molar-refractivity contribution in [3.63, 3.8) is 0 Å². The van der Waals surface area contributed by atoms with Gasteiger partial charge in [-0.05, 0) is 37.5 Å². The Labute approximate surface area is 247 Å². The highest BCUT2D eigenvalue weighted by Crippen LogP contribution is 2.46. The minimum absolute atomic E-state index is 0.304. The van der Waals surface area contributed by atoms with Gasteiger partial charge < -0.3 is 23.8 Å². The second-order valence-electron chi connectivity index (χ2n) is 10.6. The molecule has 0 aliphatic heterocycles. The molecule has 41 heavy (non-hydrogen) atoms. The van der Waals surface area contributed by atoms with E-state index in [2.05, 4.69) is 19.0 Å². The van der Waals surface area contributed by atoms with Crippen LogP contribution in [-0.4, -0.2) is 40.1 Å². The summed E-state index contributed by atoms with van der Waals surface area (Å²) >= 11 is 0. The van der Waals surface area contributed by atoms with E-state index in [4.69, 9.17) is 23.8 Å². The number of unbranched alkanes of at least 4 members (excludes halogenated alkanes) is 12. The van der Waals surface area contributed by atoms with Gasteiger partial charge >= 0.3 is 5.97 Å². The molecular weight excluding hydrogens is 518 g/mol. The van der Waals surface area contributed by atoms with Gasteiger partial charge in [-0.2, -0.15) is 0 Å². The Bertz CT molecular complexity index is 1080. The number of ether oxygens (including phenoxy) is 4. The third kappa shape index (κ3) is 10.8. The number of nitrogens with zero attached hydrogens (tertiary/aromatic N) is 1. The zero-order valence-electron chi connectivity index (χ0n) is 26.4. The van der Waals surface area contributed by atoms with Crippen molar-refractivity contribution >= 4 is 22.5 Å². The summed E-state index contributed by atoms with van der Waals surface area (Å²) < 4.78 is 23.1. The first-order valence-electron chi connectivity index (χ1n) is 15.6. The minimum atomic E-state index is -0.304. The van der Waals surface area contributed by atoms with E-state index in [1.165, 1.54) is 57.8 Å². The van der Waals surface area contributed by atoms with Crippen molar-refractivity contribution in [1.82, 2.24) is 0 Å². The largest absolute Gasteiger partial charge is 0.496 e. The molecule has 0 spiro atoms. The van der Waals surface area contributed by atoms with Crippen molar-refractivity contribution in [1.29, 1.82) is 0 Å². The molecule has 0 N–H and O–H groups in total. The monoisotopic (exact) mass is 571 g/mol. The molecule has 0 heterocycles. The fourth-order valence-corrected chi connectivity index (χ4v) is 5.22. The molecule has 7 nitrogen and oxygen atoms in total. The van der Waals surface area contributed by atoms with Gasteiger partial charge in [0.1, 0.15) is 23.0 Å². The van der Waals surface area contributed by atoms with Crippen LogP contribution in [0.3, 0.4) is 0 Å². The number of hydrogen-bond acceptors (Lipinski definition) is 7. The van der Waals surface area contributed by atoms with Crippen molar-refractivity contribution < 1.29 is 28.6 Å². The molecule has 0 atom stereocenters. The Kier molecular flexibility index (Phi) is 16.7. The summed E-state index contributed by atoms with van der Waals surface area (Å²) in [4.78, 5) is 18.1. The number of rotatable bonds is 22. The van der Waals surface area contributed by atoms with E-state index < -0.39 is 0 Å². The van der Waals surface area contributed by atoms with Crippen LogP contribution in [0.15, 0.2) is 23.4 Å². The van der Waals surface area contributed by atoms with Gasteiger partial charge in [-0.25, -0.2) is 4.79 Å². The Morgan fingerprint density at radius 3 is 1.61 bits per heavy atom. The third-order valence-corrected chi connectivity index (χ3v) is 7.56. The summed E-state index contributed by atoms with van der Waals surface area (Å²) in [5, 5.41) is 5.91. The maximum atomic E-state index is 12.6. The second kappa shape index (κ2) is 20.0.